The second-order valence-electron chi connectivity index (χ2n) is 6.23. The van der Waals surface area contributed by atoms with Gasteiger partial charge in [0.2, 0.25) is 0 Å². The maximum Gasteiger partial charge on any atom is 0.267 e. The molecule has 0 saturated carbocycles. The molecular formula is C20H22N2O3. The van der Waals surface area contributed by atoms with E-state index in [2.05, 4.69) is 16.4 Å². The van der Waals surface area contributed by atoms with Crippen molar-refractivity contribution in [1.82, 2.24) is 10.3 Å². The number of carbonyl (C=O) groups excluding carboxylic acids is 1. The molecule has 3 aromatic rings. The Balaban J connectivity index is 1.71. The monoisotopic (exact) mass is 338 g/mol. The maximum atomic E-state index is 12.4. The van der Waals surface area contributed by atoms with Crippen LogP contribution < -0.4 is 10.1 Å². The van der Waals surface area contributed by atoms with Crippen LogP contribution in [0.5, 0.6) is 5.75 Å². The summed E-state index contributed by atoms with van der Waals surface area (Å²) in [7, 11) is 1.58. The number of aryl methyl sites for hydroxylation is 2. The Hall–Kier alpha value is -2.79. The fourth-order valence-corrected chi connectivity index (χ4v) is 2.97. The first kappa shape index (κ1) is 17.0. The van der Waals surface area contributed by atoms with Gasteiger partial charge < -0.3 is 20.1 Å². The SMILES string of the molecule is COc1cccc(C(O)CNC(=O)c2cc3c(C)cc(C)cc3[nH]2)c1. The van der Waals surface area contributed by atoms with Crippen molar-refractivity contribution in [3.8, 4) is 5.75 Å². The number of hydrogen-bond donors (Lipinski definition) is 3. The normalized spacial score (nSPS) is 12.2. The minimum absolute atomic E-state index is 0.124. The molecule has 5 nitrogen and oxygen atoms in total. The van der Waals surface area contributed by atoms with E-state index in [1.165, 1.54) is 0 Å². The lowest BCUT2D eigenvalue weighted by atomic mass is 10.1. The first-order chi connectivity index (χ1) is 12.0. The number of aromatic nitrogens is 1. The maximum absolute atomic E-state index is 12.4. The molecule has 1 aromatic heterocycles. The number of methoxy groups -OCH3 is 1. The molecule has 0 bridgehead atoms. The van der Waals surface area contributed by atoms with Crippen molar-refractivity contribution in [1.29, 1.82) is 0 Å². The highest BCUT2D eigenvalue weighted by atomic mass is 16.5. The zero-order valence-corrected chi connectivity index (χ0v) is 14.6. The second kappa shape index (κ2) is 6.99. The second-order valence-corrected chi connectivity index (χ2v) is 6.23. The fourth-order valence-electron chi connectivity index (χ4n) is 2.97. The molecule has 0 aliphatic rings. The van der Waals surface area contributed by atoms with E-state index in [4.69, 9.17) is 4.74 Å². The number of ether oxygens (including phenoxy) is 1. The molecular weight excluding hydrogens is 316 g/mol. The minimum Gasteiger partial charge on any atom is -0.497 e. The van der Waals surface area contributed by atoms with Crippen molar-refractivity contribution in [2.75, 3.05) is 13.7 Å². The molecule has 0 saturated heterocycles. The molecule has 0 radical (unpaired) electrons. The summed E-state index contributed by atoms with van der Waals surface area (Å²) in [4.78, 5) is 15.5. The predicted octanol–water partition coefficient (Wildman–Crippen LogP) is 3.26. The number of aliphatic hydroxyl groups excluding tert-OH is 1. The zero-order valence-electron chi connectivity index (χ0n) is 14.6. The van der Waals surface area contributed by atoms with Gasteiger partial charge >= 0.3 is 0 Å². The van der Waals surface area contributed by atoms with E-state index >= 15 is 0 Å². The lowest BCUT2D eigenvalue weighted by Crippen LogP contribution is -2.28. The van der Waals surface area contributed by atoms with E-state index in [0.717, 1.165) is 22.0 Å². The van der Waals surface area contributed by atoms with Gasteiger partial charge in [-0.2, -0.15) is 0 Å². The summed E-state index contributed by atoms with van der Waals surface area (Å²) in [6.07, 6.45) is -0.799. The number of amides is 1. The van der Waals surface area contributed by atoms with E-state index in [1.54, 1.807) is 19.2 Å². The summed E-state index contributed by atoms with van der Waals surface area (Å²) in [5.74, 6) is 0.430. The van der Waals surface area contributed by atoms with Gasteiger partial charge in [0.05, 0.1) is 13.2 Å². The Kier molecular flexibility index (Phi) is 4.76. The van der Waals surface area contributed by atoms with Crippen LogP contribution in [0, 0.1) is 13.8 Å². The summed E-state index contributed by atoms with van der Waals surface area (Å²) in [5.41, 5.74) is 4.40. The van der Waals surface area contributed by atoms with E-state index in [9.17, 15) is 9.90 Å². The molecule has 3 rings (SSSR count). The van der Waals surface area contributed by atoms with Crippen molar-refractivity contribution >= 4 is 16.8 Å². The van der Waals surface area contributed by atoms with Crippen LogP contribution in [0.4, 0.5) is 0 Å². The molecule has 1 unspecified atom stereocenters. The van der Waals surface area contributed by atoms with Gasteiger partial charge in [-0.3, -0.25) is 4.79 Å². The van der Waals surface area contributed by atoms with Crippen LogP contribution in [0.3, 0.4) is 0 Å². The van der Waals surface area contributed by atoms with Crippen LogP contribution in [0.15, 0.2) is 42.5 Å². The Bertz CT molecular complexity index is 914. The molecule has 1 atom stereocenters. The predicted molar refractivity (Wildman–Crippen MR) is 98.1 cm³/mol. The van der Waals surface area contributed by atoms with Gasteiger partial charge in [0.1, 0.15) is 11.4 Å². The number of hydrogen-bond acceptors (Lipinski definition) is 3. The molecule has 0 spiro atoms. The molecule has 2 aromatic carbocycles. The van der Waals surface area contributed by atoms with Crippen LogP contribution in [0.1, 0.15) is 33.3 Å². The summed E-state index contributed by atoms with van der Waals surface area (Å²) < 4.78 is 5.15. The molecule has 1 heterocycles. The summed E-state index contributed by atoms with van der Waals surface area (Å²) >= 11 is 0. The third-order valence-electron chi connectivity index (χ3n) is 4.27. The van der Waals surface area contributed by atoms with Gasteiger partial charge in [-0.05, 0) is 54.8 Å². The number of benzene rings is 2. The highest BCUT2D eigenvalue weighted by molar-refractivity contribution is 5.99. The summed E-state index contributed by atoms with van der Waals surface area (Å²) in [5, 5.41) is 14.1. The third-order valence-corrected chi connectivity index (χ3v) is 4.27. The molecule has 1 amide bonds. The van der Waals surface area contributed by atoms with Gasteiger partial charge in [0, 0.05) is 17.4 Å². The Morgan fingerprint density at radius 2 is 2.04 bits per heavy atom. The number of aliphatic hydroxyl groups is 1. The van der Waals surface area contributed by atoms with Gasteiger partial charge in [0.25, 0.3) is 5.91 Å². The van der Waals surface area contributed by atoms with E-state index in [-0.39, 0.29) is 12.5 Å². The smallest absolute Gasteiger partial charge is 0.267 e. The van der Waals surface area contributed by atoms with E-state index in [1.807, 2.05) is 38.1 Å². The Morgan fingerprint density at radius 3 is 2.80 bits per heavy atom. The topological polar surface area (TPSA) is 74.3 Å². The van der Waals surface area contributed by atoms with Gasteiger partial charge in [-0.25, -0.2) is 0 Å². The van der Waals surface area contributed by atoms with Crippen LogP contribution in [0.2, 0.25) is 0 Å². The van der Waals surface area contributed by atoms with Crippen molar-refractivity contribution in [2.45, 2.75) is 20.0 Å². The standard InChI is InChI=1S/C20H22N2O3/c1-12-7-13(2)16-10-18(22-17(16)8-12)20(24)21-11-19(23)14-5-4-6-15(9-14)25-3/h4-10,19,22-23H,11H2,1-3H3,(H,21,24). The van der Waals surface area contributed by atoms with E-state index in [0.29, 0.717) is 17.0 Å². The first-order valence-electron chi connectivity index (χ1n) is 8.18. The van der Waals surface area contributed by atoms with Crippen molar-refractivity contribution in [3.63, 3.8) is 0 Å². The molecule has 0 aliphatic heterocycles. The first-order valence-corrected chi connectivity index (χ1v) is 8.18. The van der Waals surface area contributed by atoms with Crippen LogP contribution in [-0.2, 0) is 0 Å². The fraction of sp³-hybridized carbons (Fsp3) is 0.250. The average Bonchev–Trinajstić information content (AvgIpc) is 3.03. The highest BCUT2D eigenvalue weighted by Crippen LogP contribution is 2.22. The van der Waals surface area contributed by atoms with Gasteiger partial charge in [-0.1, -0.05) is 18.2 Å². The Morgan fingerprint density at radius 1 is 1.24 bits per heavy atom. The minimum atomic E-state index is -0.799. The van der Waals surface area contributed by atoms with Gasteiger partial charge in [0.15, 0.2) is 0 Å². The number of carbonyl (C=O) groups is 1. The molecule has 0 fully saturated rings. The van der Waals surface area contributed by atoms with Gasteiger partial charge in [-0.15, -0.1) is 0 Å². The largest absolute Gasteiger partial charge is 0.497 e. The van der Waals surface area contributed by atoms with Crippen molar-refractivity contribution in [2.24, 2.45) is 0 Å². The summed E-state index contributed by atoms with van der Waals surface area (Å²) in [6, 6.07) is 13.1. The lowest BCUT2D eigenvalue weighted by Gasteiger charge is -2.12. The average molecular weight is 338 g/mol. The quantitative estimate of drug-likeness (QED) is 0.668. The number of H-pyrrole nitrogens is 1. The van der Waals surface area contributed by atoms with Crippen LogP contribution >= 0.6 is 0 Å². The van der Waals surface area contributed by atoms with Crippen LogP contribution in [0.25, 0.3) is 10.9 Å². The highest BCUT2D eigenvalue weighted by Gasteiger charge is 2.14. The summed E-state index contributed by atoms with van der Waals surface area (Å²) in [6.45, 7) is 4.17. The molecule has 3 N–H and O–H groups in total. The number of nitrogens with one attached hydrogen (secondary N) is 2. The third kappa shape index (κ3) is 3.67. The molecule has 0 aliphatic carbocycles. The molecule has 130 valence electrons. The zero-order chi connectivity index (χ0) is 18.0. The van der Waals surface area contributed by atoms with Crippen LogP contribution in [-0.4, -0.2) is 29.7 Å². The number of aromatic amines is 1. The molecule has 25 heavy (non-hydrogen) atoms. The van der Waals surface area contributed by atoms with Crippen molar-refractivity contribution in [3.05, 3.63) is 64.8 Å². The number of fused-ring (bicyclic) bond motifs is 1. The van der Waals surface area contributed by atoms with Crippen molar-refractivity contribution < 1.29 is 14.6 Å². The van der Waals surface area contributed by atoms with E-state index < -0.39 is 6.10 Å². The molecule has 5 heteroatoms. The lowest BCUT2D eigenvalue weighted by molar-refractivity contribution is 0.0912. The Labute approximate surface area is 146 Å². The number of rotatable bonds is 5.